The zero-order chi connectivity index (χ0) is 14.0. The lowest BCUT2D eigenvalue weighted by molar-refractivity contribution is -0.137. The highest BCUT2D eigenvalue weighted by molar-refractivity contribution is 7.15. The van der Waals surface area contributed by atoms with Crippen LogP contribution in [0.5, 0.6) is 0 Å². The van der Waals surface area contributed by atoms with Gasteiger partial charge in [-0.3, -0.25) is 0 Å². The van der Waals surface area contributed by atoms with Gasteiger partial charge < -0.3 is 5.32 Å². The largest absolute Gasteiger partial charge is 0.443 e. The molecule has 0 saturated carbocycles. The number of hydrogen-bond donors (Lipinski definition) is 1. The molecule has 0 aliphatic heterocycles. The van der Waals surface area contributed by atoms with Crippen molar-refractivity contribution < 1.29 is 17.6 Å². The van der Waals surface area contributed by atoms with Crippen LogP contribution in [0.1, 0.15) is 10.6 Å². The number of aromatic nitrogens is 1. The molecule has 0 aliphatic carbocycles. The van der Waals surface area contributed by atoms with Crippen LogP contribution in [-0.2, 0) is 12.7 Å². The maximum atomic E-state index is 13.8. The molecule has 0 spiro atoms. The van der Waals surface area contributed by atoms with E-state index in [-0.39, 0.29) is 10.4 Å². The van der Waals surface area contributed by atoms with Crippen LogP contribution in [0.2, 0.25) is 0 Å². The number of nitrogens with one attached hydrogen (secondary N) is 1. The number of alkyl halides is 3. The minimum Gasteiger partial charge on any atom is -0.316 e. The van der Waals surface area contributed by atoms with Gasteiger partial charge in [0.1, 0.15) is 5.82 Å². The van der Waals surface area contributed by atoms with Gasteiger partial charge in [0.15, 0.2) is 5.01 Å². The van der Waals surface area contributed by atoms with Gasteiger partial charge in [0.05, 0.1) is 4.88 Å². The minimum atomic E-state index is -4.49. The van der Waals surface area contributed by atoms with Crippen LogP contribution in [0.15, 0.2) is 24.4 Å². The van der Waals surface area contributed by atoms with Crippen molar-refractivity contribution in [1.82, 2.24) is 10.3 Å². The van der Waals surface area contributed by atoms with E-state index in [2.05, 4.69) is 10.3 Å². The average molecular weight is 290 g/mol. The van der Waals surface area contributed by atoms with E-state index in [4.69, 9.17) is 0 Å². The lowest BCUT2D eigenvalue weighted by atomic mass is 10.1. The molecule has 7 heteroatoms. The van der Waals surface area contributed by atoms with Crippen LogP contribution in [0.4, 0.5) is 17.6 Å². The first-order valence-corrected chi connectivity index (χ1v) is 6.20. The van der Waals surface area contributed by atoms with Crippen molar-refractivity contribution >= 4 is 11.3 Å². The quantitative estimate of drug-likeness (QED) is 0.872. The van der Waals surface area contributed by atoms with Gasteiger partial charge in [-0.25, -0.2) is 9.37 Å². The van der Waals surface area contributed by atoms with Crippen LogP contribution in [0, 0.1) is 5.82 Å². The summed E-state index contributed by atoms with van der Waals surface area (Å²) in [5, 5.41) is 1.90. The standard InChI is InChI=1S/C12H10F4N2S/c1-17-5-7-2-3-8(9(13)4-7)10-6-18-11(19-10)12(14,15)16/h2-4,6,17H,5H2,1H3. The fourth-order valence-corrected chi connectivity index (χ4v) is 2.41. The lowest BCUT2D eigenvalue weighted by Crippen LogP contribution is -2.05. The van der Waals surface area contributed by atoms with Crippen molar-refractivity contribution in [2.24, 2.45) is 0 Å². The summed E-state index contributed by atoms with van der Waals surface area (Å²) in [6.07, 6.45) is -3.45. The zero-order valence-corrected chi connectivity index (χ0v) is 10.7. The highest BCUT2D eigenvalue weighted by Gasteiger charge is 2.34. The van der Waals surface area contributed by atoms with Crippen molar-refractivity contribution in [3.8, 4) is 10.4 Å². The van der Waals surface area contributed by atoms with E-state index in [9.17, 15) is 17.6 Å². The molecule has 0 amide bonds. The molecule has 102 valence electrons. The van der Waals surface area contributed by atoms with Crippen molar-refractivity contribution in [2.75, 3.05) is 7.05 Å². The Kier molecular flexibility index (Phi) is 3.86. The number of rotatable bonds is 3. The van der Waals surface area contributed by atoms with Crippen LogP contribution in [-0.4, -0.2) is 12.0 Å². The van der Waals surface area contributed by atoms with Crippen LogP contribution >= 0.6 is 11.3 Å². The summed E-state index contributed by atoms with van der Waals surface area (Å²) < 4.78 is 51.1. The molecule has 1 heterocycles. The molecular formula is C12H10F4N2S. The summed E-state index contributed by atoms with van der Waals surface area (Å²) >= 11 is 0.435. The summed E-state index contributed by atoms with van der Waals surface area (Å²) in [5.74, 6) is -0.551. The van der Waals surface area contributed by atoms with E-state index >= 15 is 0 Å². The molecule has 1 N–H and O–H groups in total. The topological polar surface area (TPSA) is 24.9 Å². The van der Waals surface area contributed by atoms with Gasteiger partial charge >= 0.3 is 6.18 Å². The Morgan fingerprint density at radius 3 is 2.58 bits per heavy atom. The molecule has 1 aromatic heterocycles. The first-order valence-electron chi connectivity index (χ1n) is 5.38. The van der Waals surface area contributed by atoms with E-state index < -0.39 is 17.0 Å². The molecule has 0 bridgehead atoms. The fraction of sp³-hybridized carbons (Fsp3) is 0.250. The first kappa shape index (κ1) is 14.0. The molecule has 0 atom stereocenters. The third kappa shape index (κ3) is 3.10. The van der Waals surface area contributed by atoms with Gasteiger partial charge in [-0.2, -0.15) is 13.2 Å². The van der Waals surface area contributed by atoms with Crippen molar-refractivity contribution in [3.63, 3.8) is 0 Å². The Balaban J connectivity index is 2.34. The highest BCUT2D eigenvalue weighted by atomic mass is 32.1. The lowest BCUT2D eigenvalue weighted by Gasteiger charge is -2.04. The summed E-state index contributed by atoms with van der Waals surface area (Å²) in [7, 11) is 1.73. The molecule has 0 radical (unpaired) electrons. The molecule has 19 heavy (non-hydrogen) atoms. The molecule has 2 rings (SSSR count). The monoisotopic (exact) mass is 290 g/mol. The Bertz CT molecular complexity index is 577. The number of halogens is 4. The van der Waals surface area contributed by atoms with Crippen LogP contribution in [0.3, 0.4) is 0 Å². The van der Waals surface area contributed by atoms with Crippen molar-refractivity contribution in [2.45, 2.75) is 12.7 Å². The molecular weight excluding hydrogens is 280 g/mol. The maximum Gasteiger partial charge on any atom is 0.443 e. The molecule has 1 aromatic carbocycles. The highest BCUT2D eigenvalue weighted by Crippen LogP contribution is 2.37. The third-order valence-corrected chi connectivity index (χ3v) is 3.50. The number of thiazole rings is 1. The zero-order valence-electron chi connectivity index (χ0n) is 9.88. The van der Waals surface area contributed by atoms with E-state index in [1.54, 1.807) is 13.1 Å². The van der Waals surface area contributed by atoms with Gasteiger partial charge in [-0.05, 0) is 18.7 Å². The minimum absolute atomic E-state index is 0.132. The Morgan fingerprint density at radius 2 is 2.05 bits per heavy atom. The molecule has 0 aliphatic rings. The number of nitrogens with zero attached hydrogens (tertiary/aromatic N) is 1. The number of benzene rings is 1. The van der Waals surface area contributed by atoms with E-state index in [0.717, 1.165) is 11.8 Å². The van der Waals surface area contributed by atoms with E-state index in [1.165, 1.54) is 12.1 Å². The van der Waals surface area contributed by atoms with Gasteiger partial charge in [-0.15, -0.1) is 11.3 Å². The van der Waals surface area contributed by atoms with Crippen molar-refractivity contribution in [3.05, 3.63) is 40.8 Å². The van der Waals surface area contributed by atoms with Crippen LogP contribution < -0.4 is 5.32 Å². The Hall–Kier alpha value is -1.47. The summed E-state index contributed by atoms with van der Waals surface area (Å²) in [5.41, 5.74) is 0.858. The molecule has 0 unspecified atom stereocenters. The van der Waals surface area contributed by atoms with Gasteiger partial charge in [0.2, 0.25) is 0 Å². The van der Waals surface area contributed by atoms with Gasteiger partial charge in [-0.1, -0.05) is 12.1 Å². The summed E-state index contributed by atoms with van der Waals surface area (Å²) in [4.78, 5) is 3.45. The molecule has 2 nitrogen and oxygen atoms in total. The summed E-state index contributed by atoms with van der Waals surface area (Å²) in [6, 6.07) is 4.44. The Labute approximate surface area is 111 Å². The smallest absolute Gasteiger partial charge is 0.316 e. The van der Waals surface area contributed by atoms with Gasteiger partial charge in [0, 0.05) is 18.3 Å². The second-order valence-corrected chi connectivity index (χ2v) is 4.90. The third-order valence-electron chi connectivity index (χ3n) is 2.43. The van der Waals surface area contributed by atoms with E-state index in [1.807, 2.05) is 0 Å². The van der Waals surface area contributed by atoms with Gasteiger partial charge in [0.25, 0.3) is 0 Å². The number of hydrogen-bond acceptors (Lipinski definition) is 3. The van der Waals surface area contributed by atoms with Crippen molar-refractivity contribution in [1.29, 1.82) is 0 Å². The normalized spacial score (nSPS) is 11.8. The SMILES string of the molecule is CNCc1ccc(-c2cnc(C(F)(F)F)s2)c(F)c1. The fourth-order valence-electron chi connectivity index (χ4n) is 1.60. The molecule has 0 saturated heterocycles. The molecule has 0 fully saturated rings. The van der Waals surface area contributed by atoms with E-state index in [0.29, 0.717) is 17.9 Å². The maximum absolute atomic E-state index is 13.8. The second-order valence-electron chi connectivity index (χ2n) is 3.87. The molecule has 2 aromatic rings. The second kappa shape index (κ2) is 5.26. The Morgan fingerprint density at radius 1 is 1.32 bits per heavy atom. The first-order chi connectivity index (χ1) is 8.91. The predicted molar refractivity (Wildman–Crippen MR) is 65.3 cm³/mol. The predicted octanol–water partition coefficient (Wildman–Crippen LogP) is 3.69. The van der Waals surface area contributed by atoms with Crippen LogP contribution in [0.25, 0.3) is 10.4 Å². The average Bonchev–Trinajstić information content (AvgIpc) is 2.78. The summed E-state index contributed by atoms with van der Waals surface area (Å²) in [6.45, 7) is 0.494.